The number of methoxy groups -OCH3 is 1. The van der Waals surface area contributed by atoms with E-state index in [1.807, 2.05) is 0 Å². The van der Waals surface area contributed by atoms with Crippen LogP contribution in [0.15, 0.2) is 24.3 Å². The normalized spacial score (nSPS) is 9.64. The van der Waals surface area contributed by atoms with Crippen LogP contribution in [0.1, 0.15) is 10.4 Å². The minimum absolute atomic E-state index is 0.403. The zero-order chi connectivity index (χ0) is 10.6. The highest BCUT2D eigenvalue weighted by Crippen LogP contribution is 1.99. The topological polar surface area (TPSA) is 81.8 Å². The predicted octanol–water partition coefficient (Wildman–Crippen LogP) is -0.949. The number of rotatable bonds is 3. The minimum atomic E-state index is -1.18. The molecule has 1 rings (SSSR count). The van der Waals surface area contributed by atoms with Crippen molar-refractivity contribution in [1.82, 2.24) is 0 Å². The standard InChI is InChI=1S/C8H10BNO4/c1-13-8(11)6-2-4-7(5-3-6)9(12)14-10/h2-5,12H,10H2,1H3. The SMILES string of the molecule is COC(=O)c1ccc(B(O)ON)cc1. The average Bonchev–Trinajstić information content (AvgIpc) is 2.27. The van der Waals surface area contributed by atoms with Crippen molar-refractivity contribution in [3.8, 4) is 0 Å². The Labute approximate surface area is 81.5 Å². The van der Waals surface area contributed by atoms with Gasteiger partial charge < -0.3 is 14.5 Å². The summed E-state index contributed by atoms with van der Waals surface area (Å²) in [5.74, 6) is 4.36. The number of hydrogen-bond acceptors (Lipinski definition) is 5. The van der Waals surface area contributed by atoms with Gasteiger partial charge in [-0.1, -0.05) is 12.1 Å². The summed E-state index contributed by atoms with van der Waals surface area (Å²) < 4.78 is 8.71. The van der Waals surface area contributed by atoms with E-state index >= 15 is 0 Å². The fourth-order valence-electron chi connectivity index (χ4n) is 0.980. The number of nitrogens with two attached hydrogens (primary N) is 1. The van der Waals surface area contributed by atoms with Crippen molar-refractivity contribution >= 4 is 18.6 Å². The minimum Gasteiger partial charge on any atom is -0.465 e. The molecule has 14 heavy (non-hydrogen) atoms. The first-order chi connectivity index (χ1) is 6.69. The molecule has 0 saturated carbocycles. The third kappa shape index (κ3) is 2.32. The predicted molar refractivity (Wildman–Crippen MR) is 50.7 cm³/mol. The lowest BCUT2D eigenvalue weighted by Gasteiger charge is -2.03. The smallest absolute Gasteiger partial charge is 0.465 e. The summed E-state index contributed by atoms with van der Waals surface area (Å²) in [6.45, 7) is 0. The van der Waals surface area contributed by atoms with Crippen LogP contribution in [0.25, 0.3) is 0 Å². The van der Waals surface area contributed by atoms with E-state index in [0.717, 1.165) is 0 Å². The molecule has 1 aromatic carbocycles. The Morgan fingerprint density at radius 2 is 2.00 bits per heavy atom. The second-order valence-electron chi connectivity index (χ2n) is 2.60. The summed E-state index contributed by atoms with van der Waals surface area (Å²) >= 11 is 0. The first-order valence-corrected chi connectivity index (χ1v) is 3.91. The van der Waals surface area contributed by atoms with Gasteiger partial charge in [0, 0.05) is 0 Å². The van der Waals surface area contributed by atoms with Gasteiger partial charge in [-0.25, -0.2) is 10.7 Å². The molecule has 1 aromatic rings. The van der Waals surface area contributed by atoms with Crippen LogP contribution in [0.3, 0.4) is 0 Å². The van der Waals surface area contributed by atoms with Crippen LogP contribution in [0.4, 0.5) is 0 Å². The summed E-state index contributed by atoms with van der Waals surface area (Å²) in [5.41, 5.74) is 0.876. The number of hydrogen-bond donors (Lipinski definition) is 2. The van der Waals surface area contributed by atoms with Gasteiger partial charge in [-0.05, 0) is 17.6 Å². The molecule has 0 heterocycles. The van der Waals surface area contributed by atoms with Crippen molar-refractivity contribution in [2.24, 2.45) is 5.90 Å². The maximum atomic E-state index is 11.0. The Kier molecular flexibility index (Phi) is 3.64. The maximum Gasteiger partial charge on any atom is 0.508 e. The zero-order valence-corrected chi connectivity index (χ0v) is 7.64. The zero-order valence-electron chi connectivity index (χ0n) is 7.64. The van der Waals surface area contributed by atoms with Gasteiger partial charge in [0.05, 0.1) is 12.7 Å². The molecule has 0 radical (unpaired) electrons. The fraction of sp³-hybridized carbons (Fsp3) is 0.125. The van der Waals surface area contributed by atoms with Crippen LogP contribution in [-0.2, 0) is 9.49 Å². The highest BCUT2D eigenvalue weighted by molar-refractivity contribution is 6.59. The van der Waals surface area contributed by atoms with Crippen LogP contribution in [0.2, 0.25) is 0 Å². The highest BCUT2D eigenvalue weighted by Gasteiger charge is 2.15. The first-order valence-electron chi connectivity index (χ1n) is 3.91. The van der Waals surface area contributed by atoms with E-state index < -0.39 is 13.1 Å². The third-order valence-electron chi connectivity index (χ3n) is 1.75. The Hall–Kier alpha value is -1.37. The summed E-state index contributed by atoms with van der Waals surface area (Å²) in [5, 5.41) is 9.15. The Bertz CT molecular complexity index is 314. The van der Waals surface area contributed by atoms with Crippen molar-refractivity contribution in [3.05, 3.63) is 29.8 Å². The third-order valence-corrected chi connectivity index (χ3v) is 1.75. The van der Waals surface area contributed by atoms with Gasteiger partial charge in [0.2, 0.25) is 0 Å². The molecule has 0 bridgehead atoms. The molecule has 0 aliphatic carbocycles. The van der Waals surface area contributed by atoms with Gasteiger partial charge >= 0.3 is 13.1 Å². The van der Waals surface area contributed by atoms with Gasteiger partial charge in [-0.2, -0.15) is 0 Å². The summed E-state index contributed by atoms with van der Waals surface area (Å²) in [6.07, 6.45) is 0. The molecule has 0 aliphatic heterocycles. The molecule has 0 spiro atoms. The van der Waals surface area contributed by atoms with E-state index in [9.17, 15) is 4.79 Å². The molecule has 0 unspecified atom stereocenters. The van der Waals surface area contributed by atoms with Gasteiger partial charge in [0.25, 0.3) is 0 Å². The van der Waals surface area contributed by atoms with Crippen molar-refractivity contribution < 1.29 is 19.3 Å². The first kappa shape index (κ1) is 10.7. The van der Waals surface area contributed by atoms with Crippen molar-refractivity contribution in [3.63, 3.8) is 0 Å². The Morgan fingerprint density at radius 1 is 1.43 bits per heavy atom. The number of ether oxygens (including phenoxy) is 1. The monoisotopic (exact) mass is 195 g/mol. The fourth-order valence-corrected chi connectivity index (χ4v) is 0.980. The van der Waals surface area contributed by atoms with E-state index in [4.69, 9.17) is 10.9 Å². The Morgan fingerprint density at radius 3 is 2.43 bits per heavy atom. The maximum absolute atomic E-state index is 11.0. The van der Waals surface area contributed by atoms with Crippen molar-refractivity contribution in [1.29, 1.82) is 0 Å². The number of esters is 1. The molecule has 0 amide bonds. The highest BCUT2D eigenvalue weighted by atomic mass is 16.6. The van der Waals surface area contributed by atoms with Gasteiger partial charge in [0.15, 0.2) is 0 Å². The van der Waals surface area contributed by atoms with Crippen LogP contribution >= 0.6 is 0 Å². The van der Waals surface area contributed by atoms with Crippen LogP contribution in [0.5, 0.6) is 0 Å². The lowest BCUT2D eigenvalue weighted by atomic mass is 9.80. The van der Waals surface area contributed by atoms with E-state index in [1.165, 1.54) is 31.4 Å². The van der Waals surface area contributed by atoms with E-state index in [1.54, 1.807) is 0 Å². The molecule has 0 atom stereocenters. The second-order valence-corrected chi connectivity index (χ2v) is 2.60. The summed E-state index contributed by atoms with van der Waals surface area (Å²) in [4.78, 5) is 11.0. The molecule has 74 valence electrons. The summed E-state index contributed by atoms with van der Waals surface area (Å²) in [6, 6.07) is 6.10. The Balaban J connectivity index is 2.83. The average molecular weight is 195 g/mol. The van der Waals surface area contributed by atoms with E-state index in [2.05, 4.69) is 9.49 Å². The number of carbonyl (C=O) groups is 1. The lowest BCUT2D eigenvalue weighted by Crippen LogP contribution is -2.36. The number of carbonyl (C=O) groups excluding carboxylic acids is 1. The quantitative estimate of drug-likeness (QED) is 0.369. The summed E-state index contributed by atoms with van der Waals surface area (Å²) in [7, 11) is 0.121. The van der Waals surface area contributed by atoms with E-state index in [-0.39, 0.29) is 0 Å². The van der Waals surface area contributed by atoms with Crippen molar-refractivity contribution in [2.45, 2.75) is 0 Å². The lowest BCUT2D eigenvalue weighted by molar-refractivity contribution is 0.0600. The number of benzene rings is 1. The molecular weight excluding hydrogens is 185 g/mol. The van der Waals surface area contributed by atoms with Crippen molar-refractivity contribution in [2.75, 3.05) is 7.11 Å². The van der Waals surface area contributed by atoms with Gasteiger partial charge in [-0.15, -0.1) is 0 Å². The van der Waals surface area contributed by atoms with Crippen LogP contribution < -0.4 is 11.4 Å². The molecule has 3 N–H and O–H groups in total. The second kappa shape index (κ2) is 4.76. The molecular formula is C8H10BNO4. The molecule has 0 saturated heterocycles. The van der Waals surface area contributed by atoms with Crippen LogP contribution in [-0.4, -0.2) is 25.2 Å². The molecule has 0 fully saturated rings. The van der Waals surface area contributed by atoms with E-state index in [0.29, 0.717) is 11.0 Å². The van der Waals surface area contributed by atoms with Gasteiger partial charge in [-0.3, -0.25) is 0 Å². The molecule has 6 heteroatoms. The molecule has 5 nitrogen and oxygen atoms in total. The van der Waals surface area contributed by atoms with Crippen LogP contribution in [0, 0.1) is 0 Å². The molecule has 0 aromatic heterocycles. The molecule has 0 aliphatic rings. The van der Waals surface area contributed by atoms with Gasteiger partial charge in [0.1, 0.15) is 0 Å². The largest absolute Gasteiger partial charge is 0.508 e.